The maximum absolute atomic E-state index is 12.7. The molecule has 7 heteroatoms. The Morgan fingerprint density at radius 3 is 1.96 bits per heavy atom. The first-order valence-corrected chi connectivity index (χ1v) is 8.09. The molecule has 0 saturated heterocycles. The third kappa shape index (κ3) is 3.81. The number of nitrogens with one attached hydrogen (secondary N) is 1. The number of hydrogen-bond donors (Lipinski definition) is 1. The summed E-state index contributed by atoms with van der Waals surface area (Å²) >= 11 is 5.81. The van der Waals surface area contributed by atoms with E-state index in [1.807, 2.05) is 60.7 Å². The van der Waals surface area contributed by atoms with E-state index in [2.05, 4.69) is 5.43 Å². The minimum absolute atomic E-state index is 0.0190. The lowest BCUT2D eigenvalue weighted by Crippen LogP contribution is -2.38. The van der Waals surface area contributed by atoms with Crippen LogP contribution in [-0.2, 0) is 0 Å². The monoisotopic (exact) mass is 367 g/mol. The van der Waals surface area contributed by atoms with Crippen molar-refractivity contribution in [3.05, 3.63) is 99.6 Å². The molecule has 1 amide bonds. The summed E-state index contributed by atoms with van der Waals surface area (Å²) in [6.45, 7) is 0. The van der Waals surface area contributed by atoms with Gasteiger partial charge in [-0.15, -0.1) is 0 Å². The van der Waals surface area contributed by atoms with Gasteiger partial charge in [-0.1, -0.05) is 48.0 Å². The fourth-order valence-corrected chi connectivity index (χ4v) is 2.58. The number of anilines is 2. The molecule has 6 nitrogen and oxygen atoms in total. The highest BCUT2D eigenvalue weighted by Crippen LogP contribution is 2.26. The molecule has 1 N–H and O–H groups in total. The zero-order chi connectivity index (χ0) is 18.5. The summed E-state index contributed by atoms with van der Waals surface area (Å²) in [6, 6.07) is 22.5. The molecule has 0 aliphatic carbocycles. The van der Waals surface area contributed by atoms with E-state index in [4.69, 9.17) is 11.6 Å². The van der Waals surface area contributed by atoms with Crippen molar-refractivity contribution in [3.8, 4) is 0 Å². The summed E-state index contributed by atoms with van der Waals surface area (Å²) in [5, 5.41) is 12.6. The number of hydrogen-bond acceptors (Lipinski definition) is 4. The van der Waals surface area contributed by atoms with Gasteiger partial charge in [0, 0.05) is 11.6 Å². The number of rotatable bonds is 5. The quantitative estimate of drug-likeness (QED) is 0.522. The van der Waals surface area contributed by atoms with Gasteiger partial charge in [-0.05, 0) is 36.4 Å². The van der Waals surface area contributed by atoms with E-state index in [0.717, 1.165) is 17.4 Å². The van der Waals surface area contributed by atoms with Crippen LogP contribution in [0.1, 0.15) is 10.4 Å². The van der Waals surface area contributed by atoms with Crippen molar-refractivity contribution < 1.29 is 9.72 Å². The molecule has 0 aromatic heterocycles. The highest BCUT2D eigenvalue weighted by atomic mass is 35.5. The molecule has 3 rings (SSSR count). The molecule has 0 spiro atoms. The van der Waals surface area contributed by atoms with Crippen molar-refractivity contribution in [2.75, 3.05) is 5.01 Å². The molecule has 26 heavy (non-hydrogen) atoms. The third-order valence-electron chi connectivity index (χ3n) is 3.65. The number of nitro groups is 1. The van der Waals surface area contributed by atoms with Crippen LogP contribution in [0.4, 0.5) is 17.1 Å². The molecule has 130 valence electrons. The molecule has 3 aromatic rings. The predicted molar refractivity (Wildman–Crippen MR) is 101 cm³/mol. The van der Waals surface area contributed by atoms with Gasteiger partial charge in [-0.3, -0.25) is 25.3 Å². The van der Waals surface area contributed by atoms with Crippen LogP contribution < -0.4 is 10.4 Å². The summed E-state index contributed by atoms with van der Waals surface area (Å²) in [7, 11) is 0. The van der Waals surface area contributed by atoms with Gasteiger partial charge in [0.2, 0.25) is 0 Å². The molecule has 0 fully saturated rings. The van der Waals surface area contributed by atoms with Crippen molar-refractivity contribution in [2.24, 2.45) is 0 Å². The Morgan fingerprint density at radius 1 is 0.923 bits per heavy atom. The van der Waals surface area contributed by atoms with Crippen LogP contribution in [0.3, 0.4) is 0 Å². The number of nitrogens with zero attached hydrogens (tertiary/aromatic N) is 2. The summed E-state index contributed by atoms with van der Waals surface area (Å²) in [4.78, 5) is 23.1. The van der Waals surface area contributed by atoms with E-state index in [-0.39, 0.29) is 16.3 Å². The van der Waals surface area contributed by atoms with E-state index in [9.17, 15) is 14.9 Å². The first kappa shape index (κ1) is 17.4. The SMILES string of the molecule is O=C(NN(c1ccccc1)c1ccccc1)c1ccc(Cl)c([N+](=O)[O-])c1. The van der Waals surface area contributed by atoms with Crippen LogP contribution in [0.25, 0.3) is 0 Å². The molecule has 3 aromatic carbocycles. The van der Waals surface area contributed by atoms with Crippen molar-refractivity contribution in [2.45, 2.75) is 0 Å². The van der Waals surface area contributed by atoms with Gasteiger partial charge in [-0.2, -0.15) is 0 Å². The largest absolute Gasteiger partial charge is 0.288 e. The lowest BCUT2D eigenvalue weighted by atomic mass is 10.2. The van der Waals surface area contributed by atoms with Crippen molar-refractivity contribution >= 4 is 34.6 Å². The minimum Gasteiger partial charge on any atom is -0.267 e. The summed E-state index contributed by atoms with van der Waals surface area (Å²) in [5.41, 5.74) is 4.09. The molecule has 0 unspecified atom stereocenters. The molecule has 0 aliphatic rings. The van der Waals surface area contributed by atoms with Crippen LogP contribution in [-0.4, -0.2) is 10.8 Å². The molecule has 0 saturated carbocycles. The zero-order valence-electron chi connectivity index (χ0n) is 13.5. The number of para-hydroxylation sites is 2. The van der Waals surface area contributed by atoms with Gasteiger partial charge in [0.05, 0.1) is 16.3 Å². The standard InChI is InChI=1S/C19H14ClN3O3/c20-17-12-11-14(13-18(17)23(25)26)19(24)21-22(15-7-3-1-4-8-15)16-9-5-2-6-10-16/h1-13H,(H,21,24). The van der Waals surface area contributed by atoms with Crippen LogP contribution in [0.15, 0.2) is 78.9 Å². The van der Waals surface area contributed by atoms with E-state index >= 15 is 0 Å². The van der Waals surface area contributed by atoms with Gasteiger partial charge in [0.25, 0.3) is 11.6 Å². The molecular weight excluding hydrogens is 354 g/mol. The normalized spacial score (nSPS) is 10.2. The molecule has 0 aliphatic heterocycles. The fourth-order valence-electron chi connectivity index (χ4n) is 2.39. The zero-order valence-corrected chi connectivity index (χ0v) is 14.3. The fraction of sp³-hybridized carbons (Fsp3) is 0. The second-order valence-electron chi connectivity index (χ2n) is 5.37. The number of hydrazine groups is 1. The van der Waals surface area contributed by atoms with Crippen LogP contribution in [0.5, 0.6) is 0 Å². The lowest BCUT2D eigenvalue weighted by molar-refractivity contribution is -0.384. The molecule has 0 atom stereocenters. The van der Waals surface area contributed by atoms with E-state index in [1.54, 1.807) is 5.01 Å². The highest BCUT2D eigenvalue weighted by molar-refractivity contribution is 6.32. The summed E-state index contributed by atoms with van der Waals surface area (Å²) < 4.78 is 0. The average Bonchev–Trinajstić information content (AvgIpc) is 2.67. The smallest absolute Gasteiger partial charge is 0.267 e. The second kappa shape index (κ2) is 7.67. The Balaban J connectivity index is 1.94. The van der Waals surface area contributed by atoms with Gasteiger partial charge in [-0.25, -0.2) is 0 Å². The first-order chi connectivity index (χ1) is 12.6. The second-order valence-corrected chi connectivity index (χ2v) is 5.78. The van der Waals surface area contributed by atoms with Gasteiger partial charge in [0.1, 0.15) is 5.02 Å². The molecule has 0 heterocycles. The Bertz CT molecular complexity index is 894. The van der Waals surface area contributed by atoms with E-state index < -0.39 is 10.8 Å². The van der Waals surface area contributed by atoms with Crippen LogP contribution in [0.2, 0.25) is 5.02 Å². The summed E-state index contributed by atoms with van der Waals surface area (Å²) in [5.74, 6) is -0.488. The van der Waals surface area contributed by atoms with Crippen LogP contribution >= 0.6 is 11.6 Å². The average molecular weight is 368 g/mol. The first-order valence-electron chi connectivity index (χ1n) is 7.71. The maximum Gasteiger partial charge on any atom is 0.288 e. The number of amides is 1. The maximum atomic E-state index is 12.7. The van der Waals surface area contributed by atoms with Gasteiger partial charge >= 0.3 is 0 Å². The minimum atomic E-state index is -0.620. The number of benzene rings is 3. The Kier molecular flexibility index (Phi) is 5.15. The van der Waals surface area contributed by atoms with E-state index in [1.165, 1.54) is 12.1 Å². The van der Waals surface area contributed by atoms with Crippen LogP contribution in [0, 0.1) is 10.1 Å². The summed E-state index contributed by atoms with van der Waals surface area (Å²) in [6.07, 6.45) is 0. The van der Waals surface area contributed by atoms with E-state index in [0.29, 0.717) is 0 Å². The predicted octanol–water partition coefficient (Wildman–Crippen LogP) is 4.73. The molecular formula is C19H14ClN3O3. The Labute approximate surface area is 154 Å². The molecule has 0 radical (unpaired) electrons. The molecule has 0 bridgehead atoms. The van der Waals surface area contributed by atoms with Gasteiger partial charge < -0.3 is 0 Å². The topological polar surface area (TPSA) is 75.5 Å². The van der Waals surface area contributed by atoms with Crippen molar-refractivity contribution in [1.82, 2.24) is 5.43 Å². The number of nitro benzene ring substituents is 1. The Hall–Kier alpha value is -3.38. The Morgan fingerprint density at radius 2 is 1.46 bits per heavy atom. The number of carbonyl (C=O) groups is 1. The number of halogens is 1. The van der Waals surface area contributed by atoms with Gasteiger partial charge in [0.15, 0.2) is 0 Å². The number of carbonyl (C=O) groups excluding carboxylic acids is 1. The highest BCUT2D eigenvalue weighted by Gasteiger charge is 2.19. The van der Waals surface area contributed by atoms with Crippen molar-refractivity contribution in [3.63, 3.8) is 0 Å². The van der Waals surface area contributed by atoms with Crippen molar-refractivity contribution in [1.29, 1.82) is 0 Å². The lowest BCUT2D eigenvalue weighted by Gasteiger charge is -2.25. The third-order valence-corrected chi connectivity index (χ3v) is 3.97.